The Morgan fingerprint density at radius 2 is 1.84 bits per heavy atom. The number of hydrogen-bond donors (Lipinski definition) is 2. The molecule has 1 unspecified atom stereocenters. The first kappa shape index (κ1) is 35.2. The molecule has 2 aliphatic rings. The number of aliphatic carboxylic acids is 1. The SMILES string of the molecule is CCCCOC(=O)N1CCN(C(=O)[C@H](CCC(=O)O)NC(=O)c2cc(OCC(=O)N3CCCC3c3ccco3)c3ccc(C)cc3n2)CC1. The summed E-state index contributed by atoms with van der Waals surface area (Å²) in [4.78, 5) is 73.6. The average molecular weight is 678 g/mol. The van der Waals surface area contributed by atoms with Crippen molar-refractivity contribution in [3.05, 3.63) is 59.7 Å². The molecule has 4 amide bonds. The van der Waals surface area contributed by atoms with E-state index < -0.39 is 29.9 Å². The number of aromatic nitrogens is 1. The predicted molar refractivity (Wildman–Crippen MR) is 177 cm³/mol. The molecule has 262 valence electrons. The monoisotopic (exact) mass is 677 g/mol. The fourth-order valence-corrected chi connectivity index (χ4v) is 6.09. The molecule has 3 aromatic rings. The Morgan fingerprint density at radius 1 is 1.06 bits per heavy atom. The largest absolute Gasteiger partial charge is 0.483 e. The number of carboxylic acid groups (broad SMARTS) is 1. The number of pyridine rings is 1. The van der Waals surface area contributed by atoms with E-state index in [9.17, 15) is 29.1 Å². The van der Waals surface area contributed by atoms with Crippen molar-refractivity contribution in [2.45, 2.75) is 64.5 Å². The zero-order chi connectivity index (χ0) is 34.9. The minimum absolute atomic E-state index is 0.0528. The second-order valence-corrected chi connectivity index (χ2v) is 12.3. The van der Waals surface area contributed by atoms with E-state index in [2.05, 4.69) is 10.3 Å². The van der Waals surface area contributed by atoms with Gasteiger partial charge in [0.2, 0.25) is 5.91 Å². The molecule has 5 rings (SSSR count). The normalized spacial score (nSPS) is 16.8. The second-order valence-electron chi connectivity index (χ2n) is 12.3. The number of rotatable bonds is 13. The summed E-state index contributed by atoms with van der Waals surface area (Å²) in [6.45, 7) is 5.42. The van der Waals surface area contributed by atoms with Gasteiger partial charge in [-0.3, -0.25) is 19.2 Å². The molecule has 0 bridgehead atoms. The quantitative estimate of drug-likeness (QED) is 0.253. The molecule has 2 fully saturated rings. The number of fused-ring (bicyclic) bond motifs is 1. The van der Waals surface area contributed by atoms with Crippen molar-refractivity contribution >= 4 is 40.7 Å². The number of ether oxygens (including phenoxy) is 2. The number of carbonyl (C=O) groups is 5. The third-order valence-electron chi connectivity index (χ3n) is 8.78. The van der Waals surface area contributed by atoms with Crippen LogP contribution in [0.5, 0.6) is 5.75 Å². The highest BCUT2D eigenvalue weighted by Gasteiger charge is 2.33. The Bertz CT molecular complexity index is 1650. The van der Waals surface area contributed by atoms with E-state index in [1.165, 1.54) is 15.9 Å². The van der Waals surface area contributed by atoms with Crippen molar-refractivity contribution < 1.29 is 43.0 Å². The number of nitrogens with one attached hydrogen (secondary N) is 1. The topological polar surface area (TPSA) is 172 Å². The van der Waals surface area contributed by atoms with Crippen LogP contribution in [0.3, 0.4) is 0 Å². The summed E-state index contributed by atoms with van der Waals surface area (Å²) in [5.41, 5.74) is 1.30. The van der Waals surface area contributed by atoms with Crippen molar-refractivity contribution in [1.82, 2.24) is 25.0 Å². The molecule has 4 heterocycles. The fraction of sp³-hybridized carbons (Fsp3) is 0.486. The van der Waals surface area contributed by atoms with E-state index >= 15 is 0 Å². The van der Waals surface area contributed by atoms with Gasteiger partial charge in [-0.25, -0.2) is 9.78 Å². The molecule has 0 saturated carbocycles. The van der Waals surface area contributed by atoms with Gasteiger partial charge >= 0.3 is 12.1 Å². The van der Waals surface area contributed by atoms with E-state index in [1.807, 2.05) is 26.0 Å². The van der Waals surface area contributed by atoms with Crippen LogP contribution in [-0.4, -0.2) is 107 Å². The Morgan fingerprint density at radius 3 is 2.55 bits per heavy atom. The van der Waals surface area contributed by atoms with Crippen molar-refractivity contribution in [1.29, 1.82) is 0 Å². The summed E-state index contributed by atoms with van der Waals surface area (Å²) < 4.78 is 16.9. The average Bonchev–Trinajstić information content (AvgIpc) is 3.81. The van der Waals surface area contributed by atoms with E-state index in [0.29, 0.717) is 29.8 Å². The first-order valence-electron chi connectivity index (χ1n) is 16.7. The van der Waals surface area contributed by atoms with Crippen LogP contribution in [-0.2, 0) is 19.1 Å². The standard InChI is InChI=1S/C35H43N5O9/c1-3-4-18-48-35(46)39-16-14-38(15-17-39)34(45)25(11-12-32(42)43)37-33(44)27-21-30(24-10-9-23(2)20-26(24)36-27)49-22-31(41)40-13-5-7-28(40)29-8-6-19-47-29/h6,8-10,19-21,25,28H,3-5,7,11-18,22H2,1-2H3,(H,37,44)(H,42,43)/t25-,28?/m0/s1. The van der Waals surface area contributed by atoms with Crippen LogP contribution in [0.15, 0.2) is 47.1 Å². The van der Waals surface area contributed by atoms with Gasteiger partial charge in [0.15, 0.2) is 6.61 Å². The van der Waals surface area contributed by atoms with Crippen molar-refractivity contribution in [2.75, 3.05) is 45.9 Å². The summed E-state index contributed by atoms with van der Waals surface area (Å²) in [5.74, 6) is -1.50. The van der Waals surface area contributed by atoms with Crippen LogP contribution >= 0.6 is 0 Å². The summed E-state index contributed by atoms with van der Waals surface area (Å²) >= 11 is 0. The van der Waals surface area contributed by atoms with Gasteiger partial charge in [0.25, 0.3) is 11.8 Å². The van der Waals surface area contributed by atoms with E-state index in [-0.39, 0.29) is 69.0 Å². The number of carbonyl (C=O) groups excluding carboxylic acids is 4. The minimum atomic E-state index is -1.15. The maximum Gasteiger partial charge on any atom is 0.409 e. The molecule has 2 atom stereocenters. The molecular formula is C35H43N5O9. The summed E-state index contributed by atoms with van der Waals surface area (Å²) in [6, 6.07) is 9.20. The van der Waals surface area contributed by atoms with Crippen molar-refractivity contribution in [3.8, 4) is 5.75 Å². The first-order valence-corrected chi connectivity index (χ1v) is 16.7. The number of aryl methyl sites for hydroxylation is 1. The predicted octanol–water partition coefficient (Wildman–Crippen LogP) is 3.92. The first-order chi connectivity index (χ1) is 23.6. The minimum Gasteiger partial charge on any atom is -0.483 e. The number of carboxylic acids is 1. The second kappa shape index (κ2) is 16.3. The number of likely N-dealkylation sites (tertiary alicyclic amines) is 1. The molecule has 2 aliphatic heterocycles. The molecule has 0 radical (unpaired) electrons. The van der Waals surface area contributed by atoms with Gasteiger partial charge in [0.1, 0.15) is 23.2 Å². The molecule has 2 aromatic heterocycles. The van der Waals surface area contributed by atoms with Crippen LogP contribution < -0.4 is 10.1 Å². The molecule has 1 aromatic carbocycles. The van der Waals surface area contributed by atoms with Gasteiger partial charge in [0, 0.05) is 50.6 Å². The molecule has 2 N–H and O–H groups in total. The Balaban J connectivity index is 1.29. The van der Waals surface area contributed by atoms with Gasteiger partial charge in [-0.05, 0) is 62.4 Å². The van der Waals surface area contributed by atoms with E-state index in [4.69, 9.17) is 13.9 Å². The van der Waals surface area contributed by atoms with E-state index in [1.54, 1.807) is 29.4 Å². The maximum absolute atomic E-state index is 13.7. The molecule has 2 saturated heterocycles. The van der Waals surface area contributed by atoms with Gasteiger partial charge in [-0.15, -0.1) is 0 Å². The lowest BCUT2D eigenvalue weighted by Crippen LogP contribution is -2.56. The highest BCUT2D eigenvalue weighted by Crippen LogP contribution is 2.33. The highest BCUT2D eigenvalue weighted by molar-refractivity contribution is 5.99. The summed E-state index contributed by atoms with van der Waals surface area (Å²) in [7, 11) is 0. The third-order valence-corrected chi connectivity index (χ3v) is 8.78. The summed E-state index contributed by atoms with van der Waals surface area (Å²) in [6.07, 6.45) is 3.93. The van der Waals surface area contributed by atoms with Crippen LogP contribution in [0.25, 0.3) is 10.9 Å². The lowest BCUT2D eigenvalue weighted by molar-refractivity contribution is -0.138. The number of nitrogens with zero attached hydrogens (tertiary/aromatic N) is 4. The van der Waals surface area contributed by atoms with Crippen molar-refractivity contribution in [3.63, 3.8) is 0 Å². The molecule has 0 spiro atoms. The van der Waals surface area contributed by atoms with Crippen molar-refractivity contribution in [2.24, 2.45) is 0 Å². The molecular weight excluding hydrogens is 634 g/mol. The van der Waals surface area contributed by atoms with Crippen LogP contribution in [0.1, 0.15) is 73.3 Å². The highest BCUT2D eigenvalue weighted by atomic mass is 16.6. The molecule has 0 aliphatic carbocycles. The number of benzene rings is 1. The van der Waals surface area contributed by atoms with Crippen LogP contribution in [0, 0.1) is 6.92 Å². The number of unbranched alkanes of at least 4 members (excludes halogenated alkanes) is 1. The fourth-order valence-electron chi connectivity index (χ4n) is 6.09. The Labute approximate surface area is 284 Å². The molecule has 49 heavy (non-hydrogen) atoms. The van der Waals surface area contributed by atoms with Gasteiger partial charge in [-0.2, -0.15) is 0 Å². The van der Waals surface area contributed by atoms with E-state index in [0.717, 1.165) is 31.2 Å². The molecule has 14 heteroatoms. The third kappa shape index (κ3) is 8.86. The lowest BCUT2D eigenvalue weighted by Gasteiger charge is -2.36. The number of amides is 4. The number of piperazine rings is 1. The van der Waals surface area contributed by atoms with Crippen LogP contribution in [0.4, 0.5) is 4.79 Å². The van der Waals surface area contributed by atoms with Crippen LogP contribution in [0.2, 0.25) is 0 Å². The lowest BCUT2D eigenvalue weighted by atomic mass is 10.1. The zero-order valence-corrected chi connectivity index (χ0v) is 27.9. The number of hydrogen-bond acceptors (Lipinski definition) is 9. The smallest absolute Gasteiger partial charge is 0.409 e. The summed E-state index contributed by atoms with van der Waals surface area (Å²) in [5, 5.41) is 12.7. The Kier molecular flexibility index (Phi) is 11.7. The van der Waals surface area contributed by atoms with Gasteiger partial charge < -0.3 is 39.0 Å². The Hall–Kier alpha value is -5.14. The number of furan rings is 1. The maximum atomic E-state index is 13.7. The molecule has 14 nitrogen and oxygen atoms in total. The van der Waals surface area contributed by atoms with Gasteiger partial charge in [-0.1, -0.05) is 19.4 Å². The van der Waals surface area contributed by atoms with Gasteiger partial charge in [0.05, 0.1) is 24.4 Å². The zero-order valence-electron chi connectivity index (χ0n) is 27.9.